The Morgan fingerprint density at radius 2 is 2.20 bits per heavy atom. The number of nitrogens with zero attached hydrogens (tertiary/aromatic N) is 3. The number of hydrogen-bond donors (Lipinski definition) is 1. The van der Waals surface area contributed by atoms with E-state index in [4.69, 9.17) is 4.74 Å². The first kappa shape index (κ1) is 14.8. The quantitative estimate of drug-likeness (QED) is 0.566. The normalized spacial score (nSPS) is 25.2. The van der Waals surface area contributed by atoms with Gasteiger partial charge >= 0.3 is 12.0 Å². The number of ether oxygens (including phenoxy) is 1. The van der Waals surface area contributed by atoms with Gasteiger partial charge in [0.2, 0.25) is 0 Å². The Morgan fingerprint density at radius 3 is 2.85 bits per heavy atom. The molecule has 3 amide bonds. The Balaban J connectivity index is 2.04. The molecule has 2 aliphatic heterocycles. The summed E-state index contributed by atoms with van der Waals surface area (Å²) in [5, 5.41) is 2.27. The van der Waals surface area contributed by atoms with Gasteiger partial charge in [0, 0.05) is 13.5 Å². The summed E-state index contributed by atoms with van der Waals surface area (Å²) in [7, 11) is 1.57. The standard InChI is InChI=1S/C11H15BrN4O4/c1-3-6(17)20-5-4-16-7-8(13-10(16)12)15(2)11(19)14-9(7)18/h7-8H,3-5H2,1-2H3,(H,14,18,19). The zero-order chi connectivity index (χ0) is 14.9. The summed E-state index contributed by atoms with van der Waals surface area (Å²) in [6.07, 6.45) is -0.258. The van der Waals surface area contributed by atoms with Gasteiger partial charge in [-0.15, -0.1) is 0 Å². The van der Waals surface area contributed by atoms with Gasteiger partial charge in [-0.2, -0.15) is 0 Å². The predicted octanol–water partition coefficient (Wildman–Crippen LogP) is -0.118. The number of likely N-dealkylation sites (N-methyl/N-ethyl adjacent to an activating group) is 1. The third-order valence-corrected chi connectivity index (χ3v) is 3.85. The van der Waals surface area contributed by atoms with Crippen molar-refractivity contribution < 1.29 is 19.1 Å². The summed E-state index contributed by atoms with van der Waals surface area (Å²) in [4.78, 5) is 41.9. The predicted molar refractivity (Wildman–Crippen MR) is 73.2 cm³/mol. The molecule has 0 saturated carbocycles. The first-order valence-electron chi connectivity index (χ1n) is 6.19. The molecular formula is C11H15BrN4O4. The number of hydrogen-bond acceptors (Lipinski definition) is 6. The molecular weight excluding hydrogens is 332 g/mol. The molecule has 0 bridgehead atoms. The summed E-state index contributed by atoms with van der Waals surface area (Å²) >= 11 is 3.27. The summed E-state index contributed by atoms with van der Waals surface area (Å²) < 4.78 is 5.46. The van der Waals surface area contributed by atoms with E-state index in [-0.39, 0.29) is 12.6 Å². The Morgan fingerprint density at radius 1 is 1.50 bits per heavy atom. The molecule has 0 aliphatic carbocycles. The number of fused-ring (bicyclic) bond motifs is 1. The van der Waals surface area contributed by atoms with E-state index in [1.54, 1.807) is 18.9 Å². The summed E-state index contributed by atoms with van der Waals surface area (Å²) in [6, 6.07) is -1.08. The molecule has 0 aromatic heterocycles. The van der Waals surface area contributed by atoms with Crippen molar-refractivity contribution in [3.8, 4) is 0 Å². The highest BCUT2D eigenvalue weighted by Gasteiger charge is 2.47. The Kier molecular flexibility index (Phi) is 4.26. The van der Waals surface area contributed by atoms with Gasteiger partial charge in [-0.25, -0.2) is 9.79 Å². The average Bonchev–Trinajstić information content (AvgIpc) is 2.74. The van der Waals surface area contributed by atoms with E-state index >= 15 is 0 Å². The fourth-order valence-electron chi connectivity index (χ4n) is 2.08. The van der Waals surface area contributed by atoms with Crippen LogP contribution in [-0.2, 0) is 14.3 Å². The maximum absolute atomic E-state index is 11.9. The summed E-state index contributed by atoms with van der Waals surface area (Å²) in [5.74, 6) is -0.702. The molecule has 8 nitrogen and oxygen atoms in total. The molecule has 2 aliphatic rings. The number of halogens is 1. The van der Waals surface area contributed by atoms with E-state index in [0.717, 1.165) is 0 Å². The van der Waals surface area contributed by atoms with Crippen LogP contribution in [0.2, 0.25) is 0 Å². The number of carbonyl (C=O) groups excluding carboxylic acids is 3. The Bertz CT molecular complexity index is 481. The molecule has 0 spiro atoms. The third-order valence-electron chi connectivity index (χ3n) is 3.19. The molecule has 1 N–H and O–H groups in total. The van der Waals surface area contributed by atoms with Crippen LogP contribution in [0.15, 0.2) is 4.99 Å². The molecule has 1 saturated heterocycles. The number of rotatable bonds is 4. The van der Waals surface area contributed by atoms with Crippen molar-refractivity contribution in [2.45, 2.75) is 25.6 Å². The number of imide groups is 1. The van der Waals surface area contributed by atoms with Gasteiger partial charge in [0.1, 0.15) is 6.61 Å². The molecule has 2 atom stereocenters. The highest BCUT2D eigenvalue weighted by Crippen LogP contribution is 2.25. The van der Waals surface area contributed by atoms with Crippen LogP contribution in [0.1, 0.15) is 13.3 Å². The van der Waals surface area contributed by atoms with Crippen molar-refractivity contribution in [2.24, 2.45) is 4.99 Å². The molecule has 0 aromatic carbocycles. The lowest BCUT2D eigenvalue weighted by Gasteiger charge is -2.35. The summed E-state index contributed by atoms with van der Waals surface area (Å²) in [6.45, 7) is 2.19. The van der Waals surface area contributed by atoms with Crippen LogP contribution < -0.4 is 5.32 Å². The maximum atomic E-state index is 11.9. The van der Waals surface area contributed by atoms with Crippen LogP contribution in [0.5, 0.6) is 0 Å². The van der Waals surface area contributed by atoms with Gasteiger partial charge in [-0.1, -0.05) is 6.92 Å². The third kappa shape index (κ3) is 2.62. The fourth-order valence-corrected chi connectivity index (χ4v) is 2.69. The van der Waals surface area contributed by atoms with E-state index < -0.39 is 24.1 Å². The molecule has 2 heterocycles. The van der Waals surface area contributed by atoms with Crippen LogP contribution in [0.3, 0.4) is 0 Å². The van der Waals surface area contributed by atoms with Crippen LogP contribution in [0.25, 0.3) is 0 Å². The minimum Gasteiger partial charge on any atom is -0.464 e. The van der Waals surface area contributed by atoms with Gasteiger partial charge in [-0.05, 0) is 15.9 Å². The number of carbonyl (C=O) groups is 3. The minimum absolute atomic E-state index is 0.158. The van der Waals surface area contributed by atoms with Gasteiger partial charge in [0.05, 0.1) is 6.54 Å². The first-order chi connectivity index (χ1) is 9.45. The molecule has 110 valence electrons. The van der Waals surface area contributed by atoms with Gasteiger partial charge in [-0.3, -0.25) is 14.9 Å². The molecule has 2 unspecified atom stereocenters. The average molecular weight is 347 g/mol. The monoisotopic (exact) mass is 346 g/mol. The second-order valence-corrected chi connectivity index (χ2v) is 5.14. The topological polar surface area (TPSA) is 91.3 Å². The molecule has 0 radical (unpaired) electrons. The highest BCUT2D eigenvalue weighted by atomic mass is 79.9. The number of nitrogens with one attached hydrogen (secondary N) is 1. The molecule has 9 heteroatoms. The van der Waals surface area contributed by atoms with Crippen molar-refractivity contribution in [3.63, 3.8) is 0 Å². The van der Waals surface area contributed by atoms with E-state index in [1.165, 1.54) is 4.90 Å². The van der Waals surface area contributed by atoms with Crippen molar-refractivity contribution >= 4 is 38.6 Å². The van der Waals surface area contributed by atoms with E-state index in [0.29, 0.717) is 17.7 Å². The number of urea groups is 1. The smallest absolute Gasteiger partial charge is 0.325 e. The maximum Gasteiger partial charge on any atom is 0.325 e. The first-order valence-corrected chi connectivity index (χ1v) is 6.98. The highest BCUT2D eigenvalue weighted by molar-refractivity contribution is 9.18. The second kappa shape index (κ2) is 5.78. The lowest BCUT2D eigenvalue weighted by Crippen LogP contribution is -2.63. The number of amides is 3. The van der Waals surface area contributed by atoms with E-state index in [1.807, 2.05) is 0 Å². The Hall–Kier alpha value is -1.64. The van der Waals surface area contributed by atoms with Gasteiger partial charge in [0.25, 0.3) is 5.91 Å². The zero-order valence-corrected chi connectivity index (χ0v) is 12.7. The molecule has 20 heavy (non-hydrogen) atoms. The molecule has 2 rings (SSSR count). The van der Waals surface area contributed by atoms with Crippen LogP contribution in [0, 0.1) is 0 Å². The van der Waals surface area contributed by atoms with Crippen molar-refractivity contribution in [2.75, 3.05) is 20.2 Å². The lowest BCUT2D eigenvalue weighted by atomic mass is 10.1. The van der Waals surface area contributed by atoms with E-state index in [9.17, 15) is 14.4 Å². The number of esters is 1. The van der Waals surface area contributed by atoms with Crippen molar-refractivity contribution in [1.82, 2.24) is 15.1 Å². The number of amidine groups is 1. The van der Waals surface area contributed by atoms with Crippen LogP contribution >= 0.6 is 15.9 Å². The SMILES string of the molecule is CCC(=O)OCCN1C(Br)=NC2C1C(=O)NC(=O)N2C. The largest absolute Gasteiger partial charge is 0.464 e. The summed E-state index contributed by atoms with van der Waals surface area (Å²) in [5.41, 5.74) is 0. The van der Waals surface area contributed by atoms with Gasteiger partial charge < -0.3 is 14.5 Å². The zero-order valence-electron chi connectivity index (χ0n) is 11.1. The Labute approximate surface area is 124 Å². The van der Waals surface area contributed by atoms with E-state index in [2.05, 4.69) is 26.2 Å². The van der Waals surface area contributed by atoms with Crippen molar-refractivity contribution in [3.05, 3.63) is 0 Å². The number of aliphatic imine (C=N–C) groups is 1. The van der Waals surface area contributed by atoms with Gasteiger partial charge in [0.15, 0.2) is 17.0 Å². The van der Waals surface area contributed by atoms with Crippen LogP contribution in [-0.4, -0.2) is 64.9 Å². The minimum atomic E-state index is -0.604. The molecule has 0 aromatic rings. The van der Waals surface area contributed by atoms with Crippen molar-refractivity contribution in [1.29, 1.82) is 0 Å². The lowest BCUT2D eigenvalue weighted by molar-refractivity contribution is -0.143. The second-order valence-electron chi connectivity index (χ2n) is 4.43. The van der Waals surface area contributed by atoms with Crippen LogP contribution in [0.4, 0.5) is 4.79 Å². The molecule has 1 fully saturated rings. The fraction of sp³-hybridized carbons (Fsp3) is 0.636.